The summed E-state index contributed by atoms with van der Waals surface area (Å²) in [5.74, 6) is 0.461. The molecule has 0 radical (unpaired) electrons. The molecule has 2 rings (SSSR count). The van der Waals surface area contributed by atoms with Gasteiger partial charge in [-0.3, -0.25) is 4.98 Å². The van der Waals surface area contributed by atoms with Gasteiger partial charge in [0, 0.05) is 18.1 Å². The Morgan fingerprint density at radius 1 is 1.39 bits per heavy atom. The molecule has 0 fully saturated rings. The van der Waals surface area contributed by atoms with Crippen molar-refractivity contribution in [3.63, 3.8) is 0 Å². The molecule has 0 amide bonds. The molecule has 0 bridgehead atoms. The Labute approximate surface area is 106 Å². The predicted octanol–water partition coefficient (Wildman–Crippen LogP) is 2.22. The van der Waals surface area contributed by atoms with E-state index in [0.29, 0.717) is 11.6 Å². The van der Waals surface area contributed by atoms with Crippen LogP contribution < -0.4 is 5.32 Å². The van der Waals surface area contributed by atoms with E-state index in [-0.39, 0.29) is 6.04 Å². The first-order valence-electron chi connectivity index (χ1n) is 5.61. The summed E-state index contributed by atoms with van der Waals surface area (Å²) in [4.78, 5) is 12.4. The van der Waals surface area contributed by atoms with Crippen molar-refractivity contribution in [3.05, 3.63) is 47.5 Å². The molecule has 0 spiro atoms. The van der Waals surface area contributed by atoms with Crippen LogP contribution in [0.2, 0.25) is 0 Å². The van der Waals surface area contributed by atoms with E-state index >= 15 is 0 Å². The van der Waals surface area contributed by atoms with Gasteiger partial charge in [-0.2, -0.15) is 5.26 Å². The molecule has 1 unspecified atom stereocenters. The number of hydrogen-bond acceptors (Lipinski definition) is 5. The number of nitrogens with zero attached hydrogens (tertiary/aromatic N) is 4. The third-order valence-electron chi connectivity index (χ3n) is 2.50. The highest BCUT2D eigenvalue weighted by atomic mass is 15.1. The van der Waals surface area contributed by atoms with Crippen LogP contribution in [0.15, 0.2) is 30.6 Å². The summed E-state index contributed by atoms with van der Waals surface area (Å²) in [6, 6.07) is 7.56. The molecule has 5 heteroatoms. The van der Waals surface area contributed by atoms with E-state index in [4.69, 9.17) is 5.26 Å². The summed E-state index contributed by atoms with van der Waals surface area (Å²) >= 11 is 0. The summed E-state index contributed by atoms with van der Waals surface area (Å²) in [6.45, 7) is 3.83. The number of hydrogen-bond donors (Lipinski definition) is 1. The van der Waals surface area contributed by atoms with Crippen molar-refractivity contribution in [3.8, 4) is 6.07 Å². The first-order valence-corrected chi connectivity index (χ1v) is 5.61. The van der Waals surface area contributed by atoms with Crippen LogP contribution in [-0.4, -0.2) is 15.0 Å². The maximum Gasteiger partial charge on any atom is 0.224 e. The van der Waals surface area contributed by atoms with Gasteiger partial charge in [0.1, 0.15) is 11.8 Å². The van der Waals surface area contributed by atoms with Gasteiger partial charge in [-0.1, -0.05) is 6.07 Å². The van der Waals surface area contributed by atoms with Gasteiger partial charge < -0.3 is 5.32 Å². The smallest absolute Gasteiger partial charge is 0.224 e. The lowest BCUT2D eigenvalue weighted by atomic mass is 10.1. The van der Waals surface area contributed by atoms with Gasteiger partial charge in [0.15, 0.2) is 0 Å². The van der Waals surface area contributed by atoms with E-state index < -0.39 is 0 Å². The van der Waals surface area contributed by atoms with Gasteiger partial charge in [-0.15, -0.1) is 0 Å². The topological polar surface area (TPSA) is 74.5 Å². The van der Waals surface area contributed by atoms with Gasteiger partial charge in [0.05, 0.1) is 6.04 Å². The van der Waals surface area contributed by atoms with E-state index in [1.54, 1.807) is 18.5 Å². The normalized spacial score (nSPS) is 11.6. The number of aromatic nitrogens is 3. The molecule has 18 heavy (non-hydrogen) atoms. The van der Waals surface area contributed by atoms with Crippen molar-refractivity contribution in [1.29, 1.82) is 5.26 Å². The zero-order valence-corrected chi connectivity index (χ0v) is 10.3. The summed E-state index contributed by atoms with van der Waals surface area (Å²) in [7, 11) is 0. The van der Waals surface area contributed by atoms with Crippen molar-refractivity contribution in [2.24, 2.45) is 0 Å². The monoisotopic (exact) mass is 239 g/mol. The molecule has 2 aromatic rings. The standard InChI is InChI=1S/C13H13N5/c1-9-6-12(7-14)18-13(16-9)17-10(2)11-4-3-5-15-8-11/h3-6,8,10H,1-2H3,(H,16,17,18). The fraction of sp³-hybridized carbons (Fsp3) is 0.231. The van der Waals surface area contributed by atoms with E-state index in [0.717, 1.165) is 11.3 Å². The summed E-state index contributed by atoms with van der Waals surface area (Å²) in [5, 5.41) is 12.0. The van der Waals surface area contributed by atoms with Crippen LogP contribution in [0.3, 0.4) is 0 Å². The summed E-state index contributed by atoms with van der Waals surface area (Å²) in [5.41, 5.74) is 2.17. The third kappa shape index (κ3) is 2.80. The van der Waals surface area contributed by atoms with E-state index in [9.17, 15) is 0 Å². The molecule has 2 aromatic heterocycles. The Bertz CT molecular complexity index is 574. The van der Waals surface area contributed by atoms with Crippen molar-refractivity contribution >= 4 is 5.95 Å². The molecule has 5 nitrogen and oxygen atoms in total. The van der Waals surface area contributed by atoms with Crippen LogP contribution in [0.1, 0.15) is 29.9 Å². The molecule has 90 valence electrons. The largest absolute Gasteiger partial charge is 0.348 e. The van der Waals surface area contributed by atoms with Crippen molar-refractivity contribution in [1.82, 2.24) is 15.0 Å². The molecule has 0 aliphatic heterocycles. The Kier molecular flexibility index (Phi) is 3.49. The van der Waals surface area contributed by atoms with Crippen molar-refractivity contribution in [2.75, 3.05) is 5.32 Å². The van der Waals surface area contributed by atoms with E-state index in [1.165, 1.54) is 0 Å². The van der Waals surface area contributed by atoms with Crippen LogP contribution in [-0.2, 0) is 0 Å². The lowest BCUT2D eigenvalue weighted by Crippen LogP contribution is -2.10. The molecule has 1 atom stereocenters. The first kappa shape index (κ1) is 12.0. The highest BCUT2D eigenvalue weighted by Gasteiger charge is 2.08. The Balaban J connectivity index is 2.20. The Morgan fingerprint density at radius 3 is 2.89 bits per heavy atom. The quantitative estimate of drug-likeness (QED) is 0.888. The molecule has 2 heterocycles. The maximum absolute atomic E-state index is 8.86. The summed E-state index contributed by atoms with van der Waals surface area (Å²) < 4.78 is 0. The van der Waals surface area contributed by atoms with Crippen LogP contribution in [0.5, 0.6) is 0 Å². The molecule has 1 N–H and O–H groups in total. The molecule has 0 saturated heterocycles. The molecular formula is C13H13N5. The number of rotatable bonds is 3. The number of pyridine rings is 1. The molecule has 0 saturated carbocycles. The number of aryl methyl sites for hydroxylation is 1. The van der Waals surface area contributed by atoms with E-state index in [1.807, 2.05) is 32.0 Å². The van der Waals surface area contributed by atoms with E-state index in [2.05, 4.69) is 20.3 Å². The van der Waals surface area contributed by atoms with Crippen molar-refractivity contribution < 1.29 is 0 Å². The zero-order chi connectivity index (χ0) is 13.0. The SMILES string of the molecule is Cc1cc(C#N)nc(NC(C)c2cccnc2)n1. The molecule has 0 aliphatic carbocycles. The van der Waals surface area contributed by atoms with Crippen LogP contribution in [0.25, 0.3) is 0 Å². The minimum absolute atomic E-state index is 0.0343. The average molecular weight is 239 g/mol. The zero-order valence-electron chi connectivity index (χ0n) is 10.3. The van der Waals surface area contributed by atoms with Gasteiger partial charge in [0.25, 0.3) is 0 Å². The van der Waals surface area contributed by atoms with Crippen molar-refractivity contribution in [2.45, 2.75) is 19.9 Å². The molecule has 0 aliphatic rings. The third-order valence-corrected chi connectivity index (χ3v) is 2.50. The minimum atomic E-state index is 0.0343. The highest BCUT2D eigenvalue weighted by molar-refractivity contribution is 5.35. The van der Waals surface area contributed by atoms with Crippen LogP contribution >= 0.6 is 0 Å². The minimum Gasteiger partial charge on any atom is -0.348 e. The number of anilines is 1. The second-order valence-corrected chi connectivity index (χ2v) is 3.98. The predicted molar refractivity (Wildman–Crippen MR) is 67.8 cm³/mol. The van der Waals surface area contributed by atoms with Gasteiger partial charge in [-0.05, 0) is 31.5 Å². The second kappa shape index (κ2) is 5.23. The average Bonchev–Trinajstić information content (AvgIpc) is 2.39. The second-order valence-electron chi connectivity index (χ2n) is 3.98. The van der Waals surface area contributed by atoms with Crippen LogP contribution in [0.4, 0.5) is 5.95 Å². The number of nitriles is 1. The summed E-state index contributed by atoms with van der Waals surface area (Å²) in [6.07, 6.45) is 3.52. The van der Waals surface area contributed by atoms with Gasteiger partial charge in [-0.25, -0.2) is 9.97 Å². The van der Waals surface area contributed by atoms with Gasteiger partial charge in [0.2, 0.25) is 5.95 Å². The fourth-order valence-electron chi connectivity index (χ4n) is 1.60. The molecular weight excluding hydrogens is 226 g/mol. The van der Waals surface area contributed by atoms with Gasteiger partial charge >= 0.3 is 0 Å². The fourth-order valence-corrected chi connectivity index (χ4v) is 1.60. The first-order chi connectivity index (χ1) is 8.69. The molecule has 0 aromatic carbocycles. The maximum atomic E-state index is 8.86. The Morgan fingerprint density at radius 2 is 2.22 bits per heavy atom. The highest BCUT2D eigenvalue weighted by Crippen LogP contribution is 2.15. The van der Waals surface area contributed by atoms with Crippen LogP contribution in [0, 0.1) is 18.3 Å². The lowest BCUT2D eigenvalue weighted by Gasteiger charge is -2.13. The number of nitrogens with one attached hydrogen (secondary N) is 1. The Hall–Kier alpha value is -2.48. The lowest BCUT2D eigenvalue weighted by molar-refractivity contribution is 0.848.